The van der Waals surface area contributed by atoms with Gasteiger partial charge in [0.05, 0.1) is 0 Å². The molecule has 0 spiro atoms. The van der Waals surface area contributed by atoms with Crippen molar-refractivity contribution in [1.82, 2.24) is 0 Å². The fourth-order valence-electron chi connectivity index (χ4n) is 2.42. The van der Waals surface area contributed by atoms with E-state index in [2.05, 4.69) is 13.8 Å². The minimum atomic E-state index is 0.425. The van der Waals surface area contributed by atoms with Gasteiger partial charge in [-0.2, -0.15) is 0 Å². The van der Waals surface area contributed by atoms with E-state index in [1.54, 1.807) is 7.11 Å². The highest BCUT2D eigenvalue weighted by Crippen LogP contribution is 2.35. The molecule has 0 aromatic heterocycles. The lowest BCUT2D eigenvalue weighted by atomic mass is 9.85. The highest BCUT2D eigenvalue weighted by Gasteiger charge is 2.33. The lowest BCUT2D eigenvalue weighted by Gasteiger charge is -2.23. The third-order valence-corrected chi connectivity index (χ3v) is 3.34. The first kappa shape index (κ1) is 10.0. The van der Waals surface area contributed by atoms with Crippen molar-refractivity contribution >= 4 is 0 Å². The van der Waals surface area contributed by atoms with Crippen molar-refractivity contribution in [2.75, 3.05) is 13.7 Å². The van der Waals surface area contributed by atoms with Gasteiger partial charge in [-0.15, -0.1) is 0 Å². The van der Waals surface area contributed by atoms with E-state index >= 15 is 0 Å². The molecule has 72 valence electrons. The number of ether oxygens (including phenoxy) is 1. The van der Waals surface area contributed by atoms with Crippen LogP contribution in [0.3, 0.4) is 0 Å². The molecule has 12 heavy (non-hydrogen) atoms. The average Bonchev–Trinajstić information content (AvgIpc) is 2.34. The Balaban J connectivity index is 2.41. The molecule has 0 heterocycles. The molecule has 4 unspecified atom stereocenters. The van der Waals surface area contributed by atoms with Crippen LogP contribution in [0.1, 0.15) is 26.7 Å². The molecule has 4 atom stereocenters. The second-order valence-corrected chi connectivity index (χ2v) is 4.20. The monoisotopic (exact) mass is 171 g/mol. The lowest BCUT2D eigenvalue weighted by molar-refractivity contribution is 0.117. The molecule has 1 fully saturated rings. The second kappa shape index (κ2) is 4.24. The summed E-state index contributed by atoms with van der Waals surface area (Å²) in [5.74, 6) is 2.12. The molecule has 0 aliphatic heterocycles. The Hall–Kier alpha value is -0.0800. The van der Waals surface area contributed by atoms with Gasteiger partial charge in [0.15, 0.2) is 0 Å². The zero-order valence-electron chi connectivity index (χ0n) is 8.42. The van der Waals surface area contributed by atoms with Crippen molar-refractivity contribution in [2.45, 2.75) is 32.7 Å². The van der Waals surface area contributed by atoms with Gasteiger partial charge < -0.3 is 10.5 Å². The van der Waals surface area contributed by atoms with Gasteiger partial charge in [0.1, 0.15) is 0 Å². The summed E-state index contributed by atoms with van der Waals surface area (Å²) < 4.78 is 5.16. The molecular weight excluding hydrogens is 150 g/mol. The molecule has 2 heteroatoms. The van der Waals surface area contributed by atoms with Crippen molar-refractivity contribution in [3.8, 4) is 0 Å². The van der Waals surface area contributed by atoms with E-state index in [-0.39, 0.29) is 0 Å². The quantitative estimate of drug-likeness (QED) is 0.700. The lowest BCUT2D eigenvalue weighted by Crippen LogP contribution is -2.28. The van der Waals surface area contributed by atoms with Crippen molar-refractivity contribution in [3.63, 3.8) is 0 Å². The van der Waals surface area contributed by atoms with Crippen LogP contribution in [0.25, 0.3) is 0 Å². The third-order valence-electron chi connectivity index (χ3n) is 3.34. The molecule has 0 amide bonds. The Kier molecular flexibility index (Phi) is 3.53. The first-order chi connectivity index (χ1) is 5.66. The Labute approximate surface area is 75.5 Å². The van der Waals surface area contributed by atoms with Crippen LogP contribution in [0.5, 0.6) is 0 Å². The van der Waals surface area contributed by atoms with Crippen LogP contribution in [0.2, 0.25) is 0 Å². The topological polar surface area (TPSA) is 35.2 Å². The van der Waals surface area contributed by atoms with E-state index in [1.165, 1.54) is 12.8 Å². The molecule has 0 aromatic rings. The highest BCUT2D eigenvalue weighted by atomic mass is 16.5. The van der Waals surface area contributed by atoms with Crippen molar-refractivity contribution in [1.29, 1.82) is 0 Å². The summed E-state index contributed by atoms with van der Waals surface area (Å²) in [4.78, 5) is 0. The summed E-state index contributed by atoms with van der Waals surface area (Å²) in [6.45, 7) is 5.42. The number of rotatable bonds is 3. The number of hydrogen-bond acceptors (Lipinski definition) is 2. The van der Waals surface area contributed by atoms with Crippen LogP contribution in [0.4, 0.5) is 0 Å². The first-order valence-electron chi connectivity index (χ1n) is 4.91. The van der Waals surface area contributed by atoms with E-state index in [4.69, 9.17) is 10.5 Å². The van der Waals surface area contributed by atoms with Crippen LogP contribution >= 0.6 is 0 Å². The average molecular weight is 171 g/mol. The van der Waals surface area contributed by atoms with Gasteiger partial charge in [-0.05, 0) is 30.6 Å². The molecule has 0 aromatic carbocycles. The summed E-state index contributed by atoms with van der Waals surface area (Å²) >= 11 is 0. The molecule has 2 N–H and O–H groups in total. The summed E-state index contributed by atoms with van der Waals surface area (Å²) in [6.07, 6.45) is 2.48. The molecule has 0 bridgehead atoms. The molecule has 1 saturated carbocycles. The van der Waals surface area contributed by atoms with Crippen LogP contribution in [-0.2, 0) is 4.74 Å². The predicted octanol–water partition coefficient (Wildman–Crippen LogP) is 1.64. The van der Waals surface area contributed by atoms with Gasteiger partial charge in [-0.25, -0.2) is 0 Å². The Morgan fingerprint density at radius 3 is 2.58 bits per heavy atom. The molecule has 0 saturated heterocycles. The third kappa shape index (κ3) is 1.99. The maximum Gasteiger partial charge on any atom is 0.0490 e. The summed E-state index contributed by atoms with van der Waals surface area (Å²) in [6, 6.07) is 0.425. The molecule has 1 aliphatic carbocycles. The van der Waals surface area contributed by atoms with E-state index in [9.17, 15) is 0 Å². The van der Waals surface area contributed by atoms with Gasteiger partial charge in [0.2, 0.25) is 0 Å². The van der Waals surface area contributed by atoms with Crippen molar-refractivity contribution in [2.24, 2.45) is 23.5 Å². The highest BCUT2D eigenvalue weighted by molar-refractivity contribution is 4.86. The van der Waals surface area contributed by atoms with E-state index in [0.717, 1.165) is 12.5 Å². The Morgan fingerprint density at radius 1 is 1.50 bits per heavy atom. The fraction of sp³-hybridized carbons (Fsp3) is 1.00. The number of nitrogens with two attached hydrogens (primary N) is 1. The van der Waals surface area contributed by atoms with Crippen molar-refractivity contribution in [3.05, 3.63) is 0 Å². The van der Waals surface area contributed by atoms with Crippen LogP contribution in [0, 0.1) is 17.8 Å². The molecular formula is C10H21NO. The molecule has 2 nitrogen and oxygen atoms in total. The van der Waals surface area contributed by atoms with E-state index in [0.29, 0.717) is 17.9 Å². The first-order valence-corrected chi connectivity index (χ1v) is 4.91. The number of hydrogen-bond donors (Lipinski definition) is 1. The maximum atomic E-state index is 5.96. The summed E-state index contributed by atoms with van der Waals surface area (Å²) in [5, 5.41) is 0. The van der Waals surface area contributed by atoms with Gasteiger partial charge in [-0.3, -0.25) is 0 Å². The van der Waals surface area contributed by atoms with E-state index in [1.807, 2.05) is 0 Å². The zero-order chi connectivity index (χ0) is 9.14. The molecule has 1 rings (SSSR count). The second-order valence-electron chi connectivity index (χ2n) is 4.20. The van der Waals surface area contributed by atoms with Crippen LogP contribution in [-0.4, -0.2) is 19.8 Å². The largest absolute Gasteiger partial charge is 0.384 e. The number of methoxy groups -OCH3 is 1. The Morgan fingerprint density at radius 2 is 2.17 bits per heavy atom. The SMILES string of the molecule is COCC(C)C1CCC(N)C1C. The van der Waals surface area contributed by atoms with Gasteiger partial charge in [0, 0.05) is 19.8 Å². The Bertz CT molecular complexity index is 138. The van der Waals surface area contributed by atoms with Crippen molar-refractivity contribution < 1.29 is 4.74 Å². The van der Waals surface area contributed by atoms with Gasteiger partial charge >= 0.3 is 0 Å². The summed E-state index contributed by atoms with van der Waals surface area (Å²) in [5.41, 5.74) is 5.96. The van der Waals surface area contributed by atoms with Crippen LogP contribution in [0.15, 0.2) is 0 Å². The maximum absolute atomic E-state index is 5.96. The minimum absolute atomic E-state index is 0.425. The zero-order valence-corrected chi connectivity index (χ0v) is 8.42. The smallest absolute Gasteiger partial charge is 0.0490 e. The van der Waals surface area contributed by atoms with Gasteiger partial charge in [-0.1, -0.05) is 13.8 Å². The van der Waals surface area contributed by atoms with E-state index < -0.39 is 0 Å². The van der Waals surface area contributed by atoms with Crippen LogP contribution < -0.4 is 5.73 Å². The normalized spacial score (nSPS) is 38.5. The predicted molar refractivity (Wildman–Crippen MR) is 50.9 cm³/mol. The standard InChI is InChI=1S/C10H21NO/c1-7(6-12-3)9-4-5-10(11)8(9)2/h7-10H,4-6,11H2,1-3H3. The fourth-order valence-corrected chi connectivity index (χ4v) is 2.42. The molecule has 1 aliphatic rings. The minimum Gasteiger partial charge on any atom is -0.384 e. The summed E-state index contributed by atoms with van der Waals surface area (Å²) in [7, 11) is 1.77. The molecule has 0 radical (unpaired) electrons. The van der Waals surface area contributed by atoms with Gasteiger partial charge in [0.25, 0.3) is 0 Å².